The quantitative estimate of drug-likeness (QED) is 0.215. The summed E-state index contributed by atoms with van der Waals surface area (Å²) in [6.45, 7) is 0. The van der Waals surface area contributed by atoms with Crippen LogP contribution in [0.15, 0.2) is 60.7 Å². The number of halogens is 5. The highest BCUT2D eigenvalue weighted by molar-refractivity contribution is 6.53. The molecule has 3 aromatic rings. The van der Waals surface area contributed by atoms with Gasteiger partial charge in [0.05, 0.1) is 22.2 Å². The van der Waals surface area contributed by atoms with Crippen LogP contribution >= 0.6 is 58.0 Å². The molecule has 0 aliphatic heterocycles. The summed E-state index contributed by atoms with van der Waals surface area (Å²) in [5.74, 6) is -2.38. The summed E-state index contributed by atoms with van der Waals surface area (Å²) < 4.78 is -1.36. The van der Waals surface area contributed by atoms with Gasteiger partial charge in [0.2, 0.25) is 5.91 Å². The van der Waals surface area contributed by atoms with Crippen LogP contribution < -0.4 is 15.9 Å². The number of hydrogen-bond acceptors (Lipinski definition) is 5. The van der Waals surface area contributed by atoms with Crippen LogP contribution in [-0.2, 0) is 4.79 Å². The van der Waals surface area contributed by atoms with Crippen molar-refractivity contribution < 1.29 is 14.8 Å². The van der Waals surface area contributed by atoms with E-state index in [9.17, 15) is 14.8 Å². The van der Waals surface area contributed by atoms with Crippen LogP contribution in [0.1, 0.15) is 21.8 Å². The van der Waals surface area contributed by atoms with Crippen LogP contribution in [0.4, 0.5) is 17.1 Å². The van der Waals surface area contributed by atoms with Crippen molar-refractivity contribution in [3.05, 3.63) is 92.1 Å². The summed E-state index contributed by atoms with van der Waals surface area (Å²) in [5.41, 5.74) is 1.17. The van der Waals surface area contributed by atoms with Gasteiger partial charge in [-0.2, -0.15) is 0 Å². The number of benzene rings is 3. The van der Waals surface area contributed by atoms with Crippen LogP contribution in [-0.4, -0.2) is 21.4 Å². The molecular formula is C23H15Cl5N3O4-. The Morgan fingerprint density at radius 3 is 2.23 bits per heavy atom. The molecule has 0 spiro atoms. The van der Waals surface area contributed by atoms with E-state index in [2.05, 4.69) is 10.6 Å². The van der Waals surface area contributed by atoms with E-state index >= 15 is 0 Å². The molecule has 1 aliphatic rings. The highest BCUT2D eigenvalue weighted by Crippen LogP contribution is 2.65. The molecule has 182 valence electrons. The summed E-state index contributed by atoms with van der Waals surface area (Å²) in [5, 5.41) is 26.0. The number of carbonyl (C=O) groups is 2. The van der Waals surface area contributed by atoms with Gasteiger partial charge in [0.25, 0.3) is 5.91 Å². The van der Waals surface area contributed by atoms with Crippen LogP contribution in [0.5, 0.6) is 0 Å². The molecule has 2 unspecified atom stereocenters. The molecule has 3 N–H and O–H groups in total. The maximum Gasteiger partial charge on any atom is 0.257 e. The normalized spacial score (nSPS) is 18.0. The van der Waals surface area contributed by atoms with E-state index in [1.807, 2.05) is 0 Å². The lowest BCUT2D eigenvalue weighted by molar-refractivity contribution is -0.117. The smallest absolute Gasteiger partial charge is 0.257 e. The van der Waals surface area contributed by atoms with Gasteiger partial charge in [-0.05, 0) is 60.2 Å². The van der Waals surface area contributed by atoms with Gasteiger partial charge in [0.15, 0.2) is 0 Å². The maximum absolute atomic E-state index is 13.0. The van der Waals surface area contributed by atoms with Crippen molar-refractivity contribution in [3.8, 4) is 0 Å². The number of alkyl halides is 2. The number of carbonyl (C=O) groups excluding carboxylic acids is 2. The second kappa shape index (κ2) is 10.0. The molecule has 0 aromatic heterocycles. The molecule has 0 radical (unpaired) electrons. The van der Waals surface area contributed by atoms with Crippen molar-refractivity contribution in [1.82, 2.24) is 0 Å². The van der Waals surface area contributed by atoms with Crippen molar-refractivity contribution >= 4 is 86.9 Å². The van der Waals surface area contributed by atoms with Gasteiger partial charge in [0, 0.05) is 27.3 Å². The van der Waals surface area contributed by atoms with E-state index in [4.69, 9.17) is 63.2 Å². The van der Waals surface area contributed by atoms with Gasteiger partial charge in [-0.15, -0.1) is 23.2 Å². The average molecular weight is 575 g/mol. The fraction of sp³-hybridized carbons (Fsp3) is 0.130. The van der Waals surface area contributed by atoms with Crippen LogP contribution in [0.3, 0.4) is 0 Å². The minimum atomic E-state index is -1.36. The zero-order valence-electron chi connectivity index (χ0n) is 17.4. The third kappa shape index (κ3) is 5.62. The second-order valence-electron chi connectivity index (χ2n) is 7.79. The largest absolute Gasteiger partial charge is 0.733 e. The summed E-state index contributed by atoms with van der Waals surface area (Å²) in [6, 6.07) is 14.9. The molecule has 0 heterocycles. The van der Waals surface area contributed by atoms with Crippen LogP contribution in [0.25, 0.3) is 0 Å². The monoisotopic (exact) mass is 572 g/mol. The van der Waals surface area contributed by atoms with Crippen molar-refractivity contribution in [1.29, 1.82) is 0 Å². The summed E-state index contributed by atoms with van der Waals surface area (Å²) in [6.07, 6.45) is 0. The molecule has 4 rings (SSSR count). The fourth-order valence-electron chi connectivity index (χ4n) is 3.72. The molecule has 2 amide bonds. The topological polar surface area (TPSA) is 105 Å². The highest BCUT2D eigenvalue weighted by atomic mass is 35.5. The number of nitrogens with zero attached hydrogens (tertiary/aromatic N) is 1. The highest BCUT2D eigenvalue weighted by Gasteiger charge is 2.67. The molecule has 1 saturated carbocycles. The van der Waals surface area contributed by atoms with E-state index in [0.29, 0.717) is 21.3 Å². The first-order valence-corrected chi connectivity index (χ1v) is 11.9. The molecule has 0 saturated heterocycles. The van der Waals surface area contributed by atoms with Crippen LogP contribution in [0.2, 0.25) is 15.1 Å². The molecule has 3 aromatic carbocycles. The minimum Gasteiger partial charge on any atom is -0.733 e. The SMILES string of the molecule is O=C(Nc1cccc(N([O-])O)c1)c1cc(NC(=O)C2C(c3cc(Cl)cc(Cl)c3)C2(Cl)Cl)ccc1Cl. The predicted octanol–water partition coefficient (Wildman–Crippen LogP) is 7.12. The van der Waals surface area contributed by atoms with Gasteiger partial charge in [-0.25, -0.2) is 0 Å². The molecule has 7 nitrogen and oxygen atoms in total. The fourth-order valence-corrected chi connectivity index (χ4v) is 5.29. The lowest BCUT2D eigenvalue weighted by atomic mass is 10.1. The minimum absolute atomic E-state index is 0.0647. The van der Waals surface area contributed by atoms with Gasteiger partial charge in [-0.3, -0.25) is 14.8 Å². The standard InChI is InChI=1S/C23H15Cl5N3O4/c24-12-6-11(7-13(25)8-12)19-20(23(19,27)28)22(33)30-15-4-5-18(26)17(10-15)21(32)29-14-2-1-3-16(9-14)31(34)35/h1-10,19-20,34H,(H,29,32)(H,30,33)/q-1. The number of nitrogens with one attached hydrogen (secondary N) is 2. The maximum atomic E-state index is 13.0. The summed E-state index contributed by atoms with van der Waals surface area (Å²) in [4.78, 5) is 25.7. The van der Waals surface area contributed by atoms with E-state index in [-0.39, 0.29) is 27.2 Å². The van der Waals surface area contributed by atoms with Crippen molar-refractivity contribution in [2.75, 3.05) is 15.9 Å². The first kappa shape index (κ1) is 25.9. The van der Waals surface area contributed by atoms with Crippen molar-refractivity contribution in [2.45, 2.75) is 10.3 Å². The number of rotatable bonds is 6. The van der Waals surface area contributed by atoms with Crippen molar-refractivity contribution in [3.63, 3.8) is 0 Å². The lowest BCUT2D eigenvalue weighted by Gasteiger charge is -2.22. The third-order valence-corrected chi connectivity index (χ3v) is 7.09. The lowest BCUT2D eigenvalue weighted by Crippen LogP contribution is -2.18. The Morgan fingerprint density at radius 1 is 0.914 bits per heavy atom. The van der Waals surface area contributed by atoms with Gasteiger partial charge in [-0.1, -0.05) is 40.9 Å². The van der Waals surface area contributed by atoms with E-state index in [1.165, 1.54) is 42.5 Å². The molecule has 1 aliphatic carbocycles. The third-order valence-electron chi connectivity index (χ3n) is 5.38. The molecular weight excluding hydrogens is 560 g/mol. The van der Waals surface area contributed by atoms with Gasteiger partial charge < -0.3 is 21.1 Å². The van der Waals surface area contributed by atoms with Gasteiger partial charge in [0.1, 0.15) is 4.33 Å². The first-order valence-electron chi connectivity index (χ1n) is 9.99. The Bertz CT molecular complexity index is 1300. The van der Waals surface area contributed by atoms with E-state index in [1.54, 1.807) is 18.2 Å². The zero-order chi connectivity index (χ0) is 25.5. The predicted molar refractivity (Wildman–Crippen MR) is 139 cm³/mol. The Labute approximate surface area is 225 Å². The Kier molecular flexibility index (Phi) is 7.41. The molecule has 2 atom stereocenters. The summed E-state index contributed by atoms with van der Waals surface area (Å²) >= 11 is 31.1. The molecule has 35 heavy (non-hydrogen) atoms. The number of anilines is 3. The molecule has 0 bridgehead atoms. The van der Waals surface area contributed by atoms with Gasteiger partial charge >= 0.3 is 0 Å². The molecule has 1 fully saturated rings. The van der Waals surface area contributed by atoms with Crippen molar-refractivity contribution in [2.24, 2.45) is 5.92 Å². The Balaban J connectivity index is 1.50. The first-order chi connectivity index (χ1) is 16.5. The van der Waals surface area contributed by atoms with Crippen LogP contribution in [0, 0.1) is 11.1 Å². The molecule has 12 heteroatoms. The Morgan fingerprint density at radius 2 is 1.57 bits per heavy atom. The zero-order valence-corrected chi connectivity index (χ0v) is 21.2. The average Bonchev–Trinajstić information content (AvgIpc) is 3.36. The number of amides is 2. The second-order valence-corrected chi connectivity index (χ2v) is 10.5. The summed E-state index contributed by atoms with van der Waals surface area (Å²) in [7, 11) is 0. The number of hydrogen-bond donors (Lipinski definition) is 3. The van der Waals surface area contributed by atoms with E-state index < -0.39 is 28.0 Å². The van der Waals surface area contributed by atoms with E-state index in [0.717, 1.165) is 0 Å². The Hall–Kier alpha value is -2.23.